The van der Waals surface area contributed by atoms with Crippen LogP contribution in [0.2, 0.25) is 0 Å². The molecule has 4 amide bonds. The molecule has 1 aliphatic heterocycles. The average Bonchev–Trinajstić information content (AvgIpc) is 3.35. The van der Waals surface area contributed by atoms with Crippen molar-refractivity contribution < 1.29 is 23.9 Å². The normalized spacial score (nSPS) is 17.4. The summed E-state index contributed by atoms with van der Waals surface area (Å²) in [5, 5.41) is 5.65. The lowest BCUT2D eigenvalue weighted by Crippen LogP contribution is -2.42. The standard InChI is InChI=1S/C25H23N3O5S/c1-3-33-22(30)18-14-19(16-10-6-4-7-11-16)34-21(18)26-20(29)15-28-23(31)25(2,27-24(28)32)17-12-8-5-9-13-17/h4-14H,3,15H2,1-2H3,(H,26,29)(H,27,32)/t25-/m0/s1. The summed E-state index contributed by atoms with van der Waals surface area (Å²) in [5.41, 5.74) is 0.446. The van der Waals surface area contributed by atoms with E-state index < -0.39 is 35.9 Å². The van der Waals surface area contributed by atoms with E-state index in [1.165, 1.54) is 11.3 Å². The van der Waals surface area contributed by atoms with Crippen LogP contribution in [0.1, 0.15) is 29.8 Å². The third-order valence-corrected chi connectivity index (χ3v) is 6.57. The van der Waals surface area contributed by atoms with Crippen molar-refractivity contribution in [2.75, 3.05) is 18.5 Å². The first kappa shape index (κ1) is 23.2. The maximum Gasteiger partial charge on any atom is 0.341 e. The van der Waals surface area contributed by atoms with Crippen LogP contribution in [0, 0.1) is 0 Å². The van der Waals surface area contributed by atoms with Gasteiger partial charge in [0.05, 0.1) is 12.2 Å². The number of urea groups is 1. The minimum absolute atomic E-state index is 0.184. The SMILES string of the molecule is CCOC(=O)c1cc(-c2ccccc2)sc1NC(=O)CN1C(=O)N[C@@](C)(c2ccccc2)C1=O. The molecule has 4 rings (SSSR count). The molecule has 34 heavy (non-hydrogen) atoms. The number of amides is 4. The first-order chi connectivity index (χ1) is 16.3. The van der Waals surface area contributed by atoms with Gasteiger partial charge in [-0.1, -0.05) is 60.7 Å². The first-order valence-corrected chi connectivity index (χ1v) is 11.5. The number of carbonyl (C=O) groups is 4. The number of carbonyl (C=O) groups excluding carboxylic acids is 4. The highest BCUT2D eigenvalue weighted by molar-refractivity contribution is 7.20. The molecule has 0 bridgehead atoms. The quantitative estimate of drug-likeness (QED) is 0.395. The monoisotopic (exact) mass is 477 g/mol. The maximum absolute atomic E-state index is 13.1. The van der Waals surface area contributed by atoms with Crippen LogP contribution >= 0.6 is 11.3 Å². The van der Waals surface area contributed by atoms with E-state index in [2.05, 4.69) is 10.6 Å². The van der Waals surface area contributed by atoms with Crippen LogP contribution in [0.25, 0.3) is 10.4 Å². The first-order valence-electron chi connectivity index (χ1n) is 10.7. The van der Waals surface area contributed by atoms with Crippen LogP contribution < -0.4 is 10.6 Å². The maximum atomic E-state index is 13.1. The zero-order valence-corrected chi connectivity index (χ0v) is 19.5. The van der Waals surface area contributed by atoms with Gasteiger partial charge in [-0.2, -0.15) is 0 Å². The molecular weight excluding hydrogens is 454 g/mol. The summed E-state index contributed by atoms with van der Waals surface area (Å²) in [6.07, 6.45) is 0. The Bertz CT molecular complexity index is 1240. The van der Waals surface area contributed by atoms with Gasteiger partial charge in [-0.25, -0.2) is 9.59 Å². The lowest BCUT2D eigenvalue weighted by atomic mass is 9.92. The average molecular weight is 478 g/mol. The fourth-order valence-corrected chi connectivity index (χ4v) is 4.77. The molecule has 2 N–H and O–H groups in total. The summed E-state index contributed by atoms with van der Waals surface area (Å²) in [7, 11) is 0. The molecule has 3 aromatic rings. The van der Waals surface area contributed by atoms with Crippen LogP contribution in [0.4, 0.5) is 9.80 Å². The van der Waals surface area contributed by atoms with Crippen molar-refractivity contribution in [3.8, 4) is 10.4 Å². The Morgan fingerprint density at radius 1 is 1.06 bits per heavy atom. The molecule has 1 atom stereocenters. The molecule has 0 saturated carbocycles. The molecule has 9 heteroatoms. The number of benzene rings is 2. The highest BCUT2D eigenvalue weighted by Crippen LogP contribution is 2.36. The zero-order valence-electron chi connectivity index (χ0n) is 18.7. The van der Waals surface area contributed by atoms with Crippen molar-refractivity contribution in [1.29, 1.82) is 0 Å². The van der Waals surface area contributed by atoms with Crippen LogP contribution in [0.5, 0.6) is 0 Å². The number of nitrogens with one attached hydrogen (secondary N) is 2. The molecule has 0 unspecified atom stereocenters. The van der Waals surface area contributed by atoms with Crippen molar-refractivity contribution in [1.82, 2.24) is 10.2 Å². The lowest BCUT2D eigenvalue weighted by Gasteiger charge is -2.22. The summed E-state index contributed by atoms with van der Waals surface area (Å²) in [6, 6.07) is 19.3. The Balaban J connectivity index is 1.55. The number of hydrogen-bond acceptors (Lipinski definition) is 6. The molecule has 1 aliphatic rings. The molecule has 2 heterocycles. The van der Waals surface area contributed by atoms with E-state index in [0.29, 0.717) is 10.6 Å². The van der Waals surface area contributed by atoms with E-state index in [0.717, 1.165) is 15.3 Å². The van der Waals surface area contributed by atoms with Gasteiger partial charge < -0.3 is 15.4 Å². The van der Waals surface area contributed by atoms with E-state index in [4.69, 9.17) is 4.74 Å². The second kappa shape index (κ2) is 9.48. The highest BCUT2D eigenvalue weighted by atomic mass is 32.1. The molecule has 0 aliphatic carbocycles. The molecule has 174 valence electrons. The van der Waals surface area contributed by atoms with Gasteiger partial charge in [0.2, 0.25) is 5.91 Å². The van der Waals surface area contributed by atoms with Gasteiger partial charge in [0.15, 0.2) is 0 Å². The van der Waals surface area contributed by atoms with Gasteiger partial charge >= 0.3 is 12.0 Å². The predicted octanol–water partition coefficient (Wildman–Crippen LogP) is 4.00. The van der Waals surface area contributed by atoms with Crippen molar-refractivity contribution in [2.24, 2.45) is 0 Å². The minimum Gasteiger partial charge on any atom is -0.462 e. The molecule has 1 saturated heterocycles. The fraction of sp³-hybridized carbons (Fsp3) is 0.200. The molecule has 0 radical (unpaired) electrons. The Morgan fingerprint density at radius 3 is 2.35 bits per heavy atom. The van der Waals surface area contributed by atoms with Gasteiger partial charge in [-0.05, 0) is 31.0 Å². The number of imide groups is 1. The zero-order chi connectivity index (χ0) is 24.3. The number of ether oxygens (including phenoxy) is 1. The van der Waals surface area contributed by atoms with Gasteiger partial charge in [0, 0.05) is 4.88 Å². The summed E-state index contributed by atoms with van der Waals surface area (Å²) in [4.78, 5) is 52.6. The number of rotatable bonds is 7. The summed E-state index contributed by atoms with van der Waals surface area (Å²) >= 11 is 1.21. The fourth-order valence-electron chi connectivity index (χ4n) is 3.71. The summed E-state index contributed by atoms with van der Waals surface area (Å²) < 4.78 is 5.13. The largest absolute Gasteiger partial charge is 0.462 e. The van der Waals surface area contributed by atoms with Crippen molar-refractivity contribution >= 4 is 40.2 Å². The molecule has 0 spiro atoms. The Labute approximate surface area is 200 Å². The lowest BCUT2D eigenvalue weighted by molar-refractivity contribution is -0.133. The number of hydrogen-bond donors (Lipinski definition) is 2. The Kier molecular flexibility index (Phi) is 6.47. The number of anilines is 1. The van der Waals surface area contributed by atoms with Crippen LogP contribution in [0.15, 0.2) is 66.7 Å². The van der Waals surface area contributed by atoms with Crippen molar-refractivity contribution in [3.63, 3.8) is 0 Å². The minimum atomic E-state index is -1.27. The summed E-state index contributed by atoms with van der Waals surface area (Å²) in [5.74, 6) is -1.70. The molecule has 1 fully saturated rings. The third kappa shape index (κ3) is 4.42. The van der Waals surface area contributed by atoms with E-state index in [1.54, 1.807) is 44.2 Å². The number of thiophene rings is 1. The molecule has 1 aromatic heterocycles. The molecule has 2 aromatic carbocycles. The number of esters is 1. The van der Waals surface area contributed by atoms with Crippen LogP contribution in [-0.2, 0) is 19.9 Å². The van der Waals surface area contributed by atoms with Crippen molar-refractivity contribution in [3.05, 3.63) is 77.9 Å². The van der Waals surface area contributed by atoms with Gasteiger partial charge in [0.25, 0.3) is 5.91 Å². The van der Waals surface area contributed by atoms with E-state index >= 15 is 0 Å². The van der Waals surface area contributed by atoms with Gasteiger partial charge in [-0.3, -0.25) is 14.5 Å². The third-order valence-electron chi connectivity index (χ3n) is 5.47. The summed E-state index contributed by atoms with van der Waals surface area (Å²) in [6.45, 7) is 2.99. The smallest absolute Gasteiger partial charge is 0.341 e. The Morgan fingerprint density at radius 2 is 1.71 bits per heavy atom. The topological polar surface area (TPSA) is 105 Å². The van der Waals surface area contributed by atoms with Gasteiger partial charge in [0.1, 0.15) is 17.1 Å². The second-order valence-electron chi connectivity index (χ2n) is 7.80. The van der Waals surface area contributed by atoms with E-state index in [9.17, 15) is 19.2 Å². The van der Waals surface area contributed by atoms with Crippen LogP contribution in [0.3, 0.4) is 0 Å². The van der Waals surface area contributed by atoms with E-state index in [-0.39, 0.29) is 12.2 Å². The van der Waals surface area contributed by atoms with Crippen LogP contribution in [-0.4, -0.2) is 41.9 Å². The molecular formula is C25H23N3O5S. The highest BCUT2D eigenvalue weighted by Gasteiger charge is 2.49. The van der Waals surface area contributed by atoms with E-state index in [1.807, 2.05) is 36.4 Å². The number of nitrogens with zero attached hydrogens (tertiary/aromatic N) is 1. The molecule has 8 nitrogen and oxygen atoms in total. The van der Waals surface area contributed by atoms with Gasteiger partial charge in [-0.15, -0.1) is 11.3 Å². The predicted molar refractivity (Wildman–Crippen MR) is 128 cm³/mol. The van der Waals surface area contributed by atoms with Crippen molar-refractivity contribution in [2.45, 2.75) is 19.4 Å². The second-order valence-corrected chi connectivity index (χ2v) is 8.85. The Hall–Kier alpha value is -3.98.